The molecule has 7 nitrogen and oxygen atoms in total. The van der Waals surface area contributed by atoms with Gasteiger partial charge < -0.3 is 19.2 Å². The standard InChI is InChI=1S/C26H30N2O5/c1-19(2)28(26(31)21-11-9-20(10-12-21)23-7-6-16-33-23)18-22-17-27-14-13-24(22)32-15-5-3-4-8-25(29)30/h6-7,9-14,16-17,19H,3-5,8,15,18H2,1-2H3,(H,29,30)/i18D. The number of hydrogen-bond donors (Lipinski definition) is 1. The molecule has 0 saturated carbocycles. The number of amides is 1. The highest BCUT2D eigenvalue weighted by atomic mass is 16.5. The van der Waals surface area contributed by atoms with Gasteiger partial charge in [-0.1, -0.05) is 12.1 Å². The molecule has 2 heterocycles. The molecule has 0 radical (unpaired) electrons. The van der Waals surface area contributed by atoms with Crippen molar-refractivity contribution in [3.63, 3.8) is 0 Å². The molecule has 1 unspecified atom stereocenters. The Labute approximate surface area is 195 Å². The highest BCUT2D eigenvalue weighted by molar-refractivity contribution is 5.94. The zero-order valence-electron chi connectivity index (χ0n) is 19.9. The minimum absolute atomic E-state index is 0.142. The molecule has 174 valence electrons. The predicted molar refractivity (Wildman–Crippen MR) is 125 cm³/mol. The molecular formula is C26H30N2O5. The second kappa shape index (κ2) is 11.9. The van der Waals surface area contributed by atoms with Crippen LogP contribution in [0.5, 0.6) is 5.75 Å². The first kappa shape index (κ1) is 22.6. The SMILES string of the molecule is [2H]C(c1cnccc1OCCCCCC(=O)O)N(C(=O)c1ccc(-c2ccco2)cc1)C(C)C. The quantitative estimate of drug-likeness (QED) is 0.370. The Morgan fingerprint density at radius 3 is 2.61 bits per heavy atom. The third-order valence-corrected chi connectivity index (χ3v) is 5.11. The molecule has 0 aliphatic carbocycles. The molecule has 0 spiro atoms. The summed E-state index contributed by atoms with van der Waals surface area (Å²) in [4.78, 5) is 29.6. The van der Waals surface area contributed by atoms with Gasteiger partial charge in [-0.3, -0.25) is 14.6 Å². The lowest BCUT2D eigenvalue weighted by Crippen LogP contribution is -2.36. The first-order valence-electron chi connectivity index (χ1n) is 11.6. The van der Waals surface area contributed by atoms with Gasteiger partial charge >= 0.3 is 5.97 Å². The number of benzene rings is 1. The molecule has 3 aromatic rings. The Morgan fingerprint density at radius 1 is 1.15 bits per heavy atom. The van der Waals surface area contributed by atoms with Crippen LogP contribution in [0.1, 0.15) is 56.8 Å². The van der Waals surface area contributed by atoms with E-state index in [-0.39, 0.29) is 18.4 Å². The van der Waals surface area contributed by atoms with Gasteiger partial charge in [-0.15, -0.1) is 0 Å². The lowest BCUT2D eigenvalue weighted by atomic mass is 10.1. The lowest BCUT2D eigenvalue weighted by molar-refractivity contribution is -0.137. The summed E-state index contributed by atoms with van der Waals surface area (Å²) in [5.41, 5.74) is 1.85. The van der Waals surface area contributed by atoms with Crippen molar-refractivity contribution in [2.24, 2.45) is 0 Å². The maximum atomic E-state index is 13.4. The van der Waals surface area contributed by atoms with E-state index in [2.05, 4.69) is 4.98 Å². The third-order valence-electron chi connectivity index (χ3n) is 5.11. The number of ether oxygens (including phenoxy) is 1. The van der Waals surface area contributed by atoms with Crippen molar-refractivity contribution in [1.82, 2.24) is 9.88 Å². The first-order valence-corrected chi connectivity index (χ1v) is 11.1. The molecule has 1 aromatic carbocycles. The van der Waals surface area contributed by atoms with Crippen LogP contribution in [0, 0.1) is 0 Å². The fourth-order valence-corrected chi connectivity index (χ4v) is 3.32. The van der Waals surface area contributed by atoms with Crippen molar-refractivity contribution in [3.8, 4) is 17.1 Å². The van der Waals surface area contributed by atoms with Crippen molar-refractivity contribution in [1.29, 1.82) is 0 Å². The van der Waals surface area contributed by atoms with Gasteiger partial charge in [-0.25, -0.2) is 0 Å². The number of carboxylic acids is 1. The molecule has 0 aliphatic heterocycles. The fraction of sp³-hybridized carbons (Fsp3) is 0.346. The number of nitrogens with zero attached hydrogens (tertiary/aromatic N) is 2. The molecule has 0 fully saturated rings. The predicted octanol–water partition coefficient (Wildman–Crippen LogP) is 5.42. The number of rotatable bonds is 12. The Morgan fingerprint density at radius 2 is 1.94 bits per heavy atom. The van der Waals surface area contributed by atoms with Gasteiger partial charge in [0.05, 0.1) is 20.8 Å². The zero-order chi connectivity index (χ0) is 24.5. The van der Waals surface area contributed by atoms with Crippen LogP contribution < -0.4 is 4.74 Å². The van der Waals surface area contributed by atoms with Crippen LogP contribution in [0.3, 0.4) is 0 Å². The van der Waals surface area contributed by atoms with Crippen LogP contribution in [0.2, 0.25) is 0 Å². The number of aliphatic carboxylic acids is 1. The Kier molecular flexibility index (Phi) is 8.11. The highest BCUT2D eigenvalue weighted by Gasteiger charge is 2.21. The first-order chi connectivity index (χ1) is 16.4. The topological polar surface area (TPSA) is 92.9 Å². The minimum atomic E-state index is -1.01. The summed E-state index contributed by atoms with van der Waals surface area (Å²) >= 11 is 0. The largest absolute Gasteiger partial charge is 0.493 e. The van der Waals surface area contributed by atoms with Gasteiger partial charge in [0.15, 0.2) is 0 Å². The van der Waals surface area contributed by atoms with Crippen LogP contribution in [-0.4, -0.2) is 39.5 Å². The van der Waals surface area contributed by atoms with Crippen LogP contribution in [-0.2, 0) is 11.3 Å². The van der Waals surface area contributed by atoms with Crippen molar-refractivity contribution in [2.45, 2.75) is 52.1 Å². The van der Waals surface area contributed by atoms with E-state index >= 15 is 0 Å². The second-order valence-electron chi connectivity index (χ2n) is 7.96. The number of aromatic nitrogens is 1. The molecular weight excluding hydrogens is 420 g/mol. The summed E-state index contributed by atoms with van der Waals surface area (Å²) in [5, 5.41) is 8.73. The van der Waals surface area contributed by atoms with Crippen molar-refractivity contribution in [2.75, 3.05) is 6.61 Å². The maximum Gasteiger partial charge on any atom is 0.303 e. The van der Waals surface area contributed by atoms with Crippen LogP contribution in [0.4, 0.5) is 0 Å². The van der Waals surface area contributed by atoms with Crippen molar-refractivity contribution in [3.05, 3.63) is 72.2 Å². The maximum absolute atomic E-state index is 13.4. The number of unbranched alkanes of at least 4 members (excludes halogenated alkanes) is 2. The summed E-state index contributed by atoms with van der Waals surface area (Å²) in [6.45, 7) is 3.13. The average molecular weight is 452 g/mol. The van der Waals surface area contributed by atoms with Gasteiger partial charge in [0.25, 0.3) is 5.91 Å². The normalized spacial score (nSPS) is 12.3. The van der Waals surface area contributed by atoms with Crippen LogP contribution >= 0.6 is 0 Å². The third kappa shape index (κ3) is 6.94. The molecule has 1 N–H and O–H groups in total. The van der Waals surface area contributed by atoms with E-state index in [4.69, 9.17) is 15.6 Å². The summed E-state index contributed by atoms with van der Waals surface area (Å²) in [5.74, 6) is 0.158. The summed E-state index contributed by atoms with van der Waals surface area (Å²) in [6.07, 6.45) is 6.92. The van der Waals surface area contributed by atoms with Crippen molar-refractivity contribution >= 4 is 11.9 Å². The van der Waals surface area contributed by atoms with E-state index < -0.39 is 12.5 Å². The second-order valence-corrected chi connectivity index (χ2v) is 7.96. The zero-order valence-corrected chi connectivity index (χ0v) is 18.9. The van der Waals surface area contributed by atoms with Crippen LogP contribution in [0.25, 0.3) is 11.3 Å². The molecule has 1 atom stereocenters. The number of carboxylic acid groups (broad SMARTS) is 1. The molecule has 7 heteroatoms. The Hall–Kier alpha value is -3.61. The van der Waals surface area contributed by atoms with Gasteiger partial charge in [-0.05, 0) is 63.4 Å². The average Bonchev–Trinajstić information content (AvgIpc) is 3.36. The van der Waals surface area contributed by atoms with E-state index in [0.717, 1.165) is 17.7 Å². The minimum Gasteiger partial charge on any atom is -0.493 e. The van der Waals surface area contributed by atoms with Gasteiger partial charge in [0.2, 0.25) is 0 Å². The van der Waals surface area contributed by atoms with Crippen molar-refractivity contribution < 1.29 is 25.2 Å². The summed E-state index contributed by atoms with van der Waals surface area (Å²) in [6, 6.07) is 12.2. The van der Waals surface area contributed by atoms with E-state index in [9.17, 15) is 9.59 Å². The summed E-state index contributed by atoms with van der Waals surface area (Å²) < 4.78 is 20.2. The van der Waals surface area contributed by atoms with Gasteiger partial charge in [0, 0.05) is 41.5 Å². The van der Waals surface area contributed by atoms with Gasteiger partial charge in [-0.2, -0.15) is 0 Å². The van der Waals surface area contributed by atoms with Crippen LogP contribution in [0.15, 0.2) is 65.5 Å². The molecule has 2 aromatic heterocycles. The Balaban J connectivity index is 1.71. The van der Waals surface area contributed by atoms with Gasteiger partial charge in [0.1, 0.15) is 11.5 Å². The Bertz CT molecular complexity index is 1070. The molecule has 3 rings (SSSR count). The summed E-state index contributed by atoms with van der Waals surface area (Å²) in [7, 11) is 0. The fourth-order valence-electron chi connectivity index (χ4n) is 3.32. The molecule has 33 heavy (non-hydrogen) atoms. The van der Waals surface area contributed by atoms with E-state index in [1.807, 2.05) is 38.1 Å². The highest BCUT2D eigenvalue weighted by Crippen LogP contribution is 2.24. The molecule has 0 aliphatic rings. The monoisotopic (exact) mass is 451 g/mol. The number of hydrogen-bond acceptors (Lipinski definition) is 5. The smallest absolute Gasteiger partial charge is 0.303 e. The van der Waals surface area contributed by atoms with E-state index in [1.165, 1.54) is 4.90 Å². The van der Waals surface area contributed by atoms with E-state index in [1.54, 1.807) is 36.9 Å². The lowest BCUT2D eigenvalue weighted by Gasteiger charge is -2.27. The molecule has 0 bridgehead atoms. The molecule has 0 saturated heterocycles. The number of furan rings is 1. The number of carbonyl (C=O) groups excluding carboxylic acids is 1. The molecule has 1 amide bonds. The van der Waals surface area contributed by atoms with E-state index in [0.29, 0.717) is 36.3 Å². The number of carbonyl (C=O) groups is 2. The number of pyridine rings is 1.